The average molecular weight is 390 g/mol. The van der Waals surface area contributed by atoms with Crippen LogP contribution in [0, 0.1) is 0 Å². The van der Waals surface area contributed by atoms with Gasteiger partial charge in [0.15, 0.2) is 12.3 Å². The lowest BCUT2D eigenvalue weighted by molar-refractivity contribution is -0.154. The minimum atomic E-state index is -2.38. The fraction of sp³-hybridized carbons (Fsp3) is 0.667. The number of rotatable bonds is 14. The molecule has 0 heterocycles. The Balaban J connectivity index is 5.12. The maximum atomic E-state index is 14.4. The van der Waals surface area contributed by atoms with Crippen molar-refractivity contribution in [3.8, 4) is 0 Å². The molecule has 4 atom stereocenters. The minimum Gasteiger partial charge on any atom is -0.388 e. The summed E-state index contributed by atoms with van der Waals surface area (Å²) in [5.74, 6) is 0. The van der Waals surface area contributed by atoms with Crippen molar-refractivity contribution in [1.29, 1.82) is 0 Å². The first kappa shape index (κ1) is 15.8. The number of carbonyl (C=O) groups excluding carboxylic acids is 4. The summed E-state index contributed by atoms with van der Waals surface area (Å²) in [4.78, 5) is 43.3. The zero-order chi connectivity index (χ0) is 19.6. The van der Waals surface area contributed by atoms with E-state index in [1.807, 2.05) is 0 Å². The predicted octanol–water partition coefficient (Wildman–Crippen LogP) is -1.01. The van der Waals surface area contributed by atoms with Gasteiger partial charge in [0.1, 0.15) is 54.9 Å². The number of aldehydes is 3. The number of aliphatic hydroxyl groups is 1. The molecule has 0 bridgehead atoms. The predicted molar refractivity (Wildman–Crippen MR) is 73.3 cm³/mol. The van der Waals surface area contributed by atoms with Gasteiger partial charge in [0.25, 0.3) is 0 Å². The first-order valence-electron chi connectivity index (χ1n) is 7.37. The van der Waals surface area contributed by atoms with E-state index in [4.69, 9.17) is 13.6 Å². The summed E-state index contributed by atoms with van der Waals surface area (Å²) in [6.07, 6.45) is -11.6. The Morgan fingerprint density at radius 1 is 1.18 bits per heavy atom. The molecule has 0 aliphatic rings. The van der Waals surface area contributed by atoms with E-state index in [0.29, 0.717) is 0 Å². The lowest BCUT2D eigenvalue weighted by Gasteiger charge is -2.29. The normalized spacial score (nSPS) is 18.2. The molecule has 0 aromatic heterocycles. The molecule has 8 nitrogen and oxygen atoms in total. The SMILES string of the molecule is [2H]C(=O)COC[C@@H](O)[C@H](F)[C@H](OCC([2H])=O)[C@@H](OCC([2H])=O)C(=O)Br. The molecule has 126 valence electrons. The molecule has 0 radical (unpaired) electrons. The van der Waals surface area contributed by atoms with Crippen molar-refractivity contribution in [2.45, 2.75) is 24.5 Å². The Kier molecular flexibility index (Phi) is 8.96. The van der Waals surface area contributed by atoms with Crippen LogP contribution >= 0.6 is 15.9 Å². The molecule has 0 unspecified atom stereocenters. The highest BCUT2D eigenvalue weighted by molar-refractivity contribution is 9.18. The third kappa shape index (κ3) is 7.80. The van der Waals surface area contributed by atoms with Crippen LogP contribution in [0.5, 0.6) is 0 Å². The van der Waals surface area contributed by atoms with Gasteiger partial charge in [-0.25, -0.2) is 4.39 Å². The smallest absolute Gasteiger partial charge is 0.229 e. The topological polar surface area (TPSA) is 116 Å². The Morgan fingerprint density at radius 3 is 2.23 bits per heavy atom. The molecule has 0 aliphatic heterocycles. The molecule has 1 N–H and O–H groups in total. The summed E-state index contributed by atoms with van der Waals surface area (Å²) in [5, 5.41) is 9.70. The van der Waals surface area contributed by atoms with E-state index in [2.05, 4.69) is 20.7 Å². The molecule has 0 fully saturated rings. The van der Waals surface area contributed by atoms with Crippen molar-refractivity contribution in [3.05, 3.63) is 0 Å². The van der Waals surface area contributed by atoms with Gasteiger partial charge in [0.05, 0.1) is 6.61 Å². The second kappa shape index (κ2) is 12.5. The van der Waals surface area contributed by atoms with Crippen molar-refractivity contribution < 1.29 is 47.0 Å². The fourth-order valence-electron chi connectivity index (χ4n) is 1.42. The molecule has 0 aromatic rings. The molecule has 0 saturated carbocycles. The largest absolute Gasteiger partial charge is 0.388 e. The molecule has 0 aromatic carbocycles. The quantitative estimate of drug-likeness (QED) is 0.296. The third-order valence-corrected chi connectivity index (χ3v) is 2.76. The molecule has 0 aliphatic carbocycles. The van der Waals surface area contributed by atoms with Crippen LogP contribution in [0.3, 0.4) is 0 Å². The number of carbonyl (C=O) groups is 4. The maximum Gasteiger partial charge on any atom is 0.229 e. The van der Waals surface area contributed by atoms with Crippen LogP contribution in [-0.4, -0.2) is 79.5 Å². The molecule has 0 spiro atoms. The van der Waals surface area contributed by atoms with Crippen LogP contribution in [0.15, 0.2) is 0 Å². The number of hydrogen-bond donors (Lipinski definition) is 1. The number of alkyl halides is 1. The van der Waals surface area contributed by atoms with E-state index in [-0.39, 0.29) is 0 Å². The summed E-state index contributed by atoms with van der Waals surface area (Å²) in [7, 11) is 0. The van der Waals surface area contributed by atoms with Crippen LogP contribution in [0.25, 0.3) is 0 Å². The summed E-state index contributed by atoms with van der Waals surface area (Å²) in [5.41, 5.74) is 0. The zero-order valence-electron chi connectivity index (χ0n) is 14.2. The average Bonchev–Trinajstić information content (AvgIpc) is 2.48. The van der Waals surface area contributed by atoms with E-state index in [1.54, 1.807) is 0 Å². The maximum absolute atomic E-state index is 14.4. The van der Waals surface area contributed by atoms with E-state index < -0.39 is 74.4 Å². The Bertz CT molecular complexity index is 495. The summed E-state index contributed by atoms with van der Waals surface area (Å²) < 4.78 is 47.6. The second-order valence-corrected chi connectivity index (χ2v) is 4.55. The van der Waals surface area contributed by atoms with Crippen molar-refractivity contribution in [1.82, 2.24) is 0 Å². The summed E-state index contributed by atoms with van der Waals surface area (Å²) >= 11 is 2.49. The van der Waals surface area contributed by atoms with Gasteiger partial charge < -0.3 is 33.7 Å². The van der Waals surface area contributed by atoms with Crippen LogP contribution in [0.4, 0.5) is 4.39 Å². The minimum absolute atomic E-state index is 0.703. The molecule has 0 rings (SSSR count). The van der Waals surface area contributed by atoms with Gasteiger partial charge >= 0.3 is 0 Å². The Labute approximate surface area is 138 Å². The highest BCUT2D eigenvalue weighted by Gasteiger charge is 2.39. The van der Waals surface area contributed by atoms with Gasteiger partial charge in [0, 0.05) is 0 Å². The lowest BCUT2D eigenvalue weighted by atomic mass is 10.0. The van der Waals surface area contributed by atoms with Gasteiger partial charge in [0.2, 0.25) is 4.69 Å². The molecular formula is C12H16BrFO8. The Hall–Kier alpha value is -1.07. The van der Waals surface area contributed by atoms with E-state index in [1.165, 1.54) is 0 Å². The van der Waals surface area contributed by atoms with Crippen LogP contribution in [0.2, 0.25) is 0 Å². The number of hydrogen-bond acceptors (Lipinski definition) is 8. The fourth-order valence-corrected chi connectivity index (χ4v) is 1.81. The molecular weight excluding hydrogens is 371 g/mol. The van der Waals surface area contributed by atoms with Crippen LogP contribution in [-0.2, 0) is 33.4 Å². The zero-order valence-corrected chi connectivity index (χ0v) is 12.8. The molecule has 0 amide bonds. The summed E-state index contributed by atoms with van der Waals surface area (Å²) in [6.45, 7) is -3.26. The van der Waals surface area contributed by atoms with Crippen LogP contribution in [0.1, 0.15) is 4.11 Å². The number of aliphatic hydroxyl groups excluding tert-OH is 1. The van der Waals surface area contributed by atoms with E-state index >= 15 is 0 Å². The van der Waals surface area contributed by atoms with Crippen molar-refractivity contribution in [2.24, 2.45) is 0 Å². The molecule has 0 saturated heterocycles. The van der Waals surface area contributed by atoms with Gasteiger partial charge in [-0.1, -0.05) is 0 Å². The van der Waals surface area contributed by atoms with Gasteiger partial charge in [-0.2, -0.15) is 0 Å². The number of ether oxygens (including phenoxy) is 3. The first-order valence-corrected chi connectivity index (χ1v) is 6.66. The second-order valence-electron chi connectivity index (χ2n) is 3.77. The van der Waals surface area contributed by atoms with Crippen molar-refractivity contribution in [2.75, 3.05) is 26.4 Å². The van der Waals surface area contributed by atoms with Gasteiger partial charge in [-0.05, 0) is 15.9 Å². The van der Waals surface area contributed by atoms with E-state index in [0.717, 1.165) is 0 Å². The summed E-state index contributed by atoms with van der Waals surface area (Å²) in [6, 6.07) is 0. The Morgan fingerprint density at radius 2 is 1.73 bits per heavy atom. The van der Waals surface area contributed by atoms with E-state index in [9.17, 15) is 28.7 Å². The van der Waals surface area contributed by atoms with Crippen molar-refractivity contribution in [3.63, 3.8) is 0 Å². The monoisotopic (exact) mass is 389 g/mol. The highest BCUT2D eigenvalue weighted by Crippen LogP contribution is 2.18. The van der Waals surface area contributed by atoms with Crippen molar-refractivity contribution >= 4 is 39.4 Å². The van der Waals surface area contributed by atoms with Crippen LogP contribution < -0.4 is 0 Å². The van der Waals surface area contributed by atoms with Gasteiger partial charge in [-0.3, -0.25) is 4.79 Å². The first-order chi connectivity index (χ1) is 11.6. The van der Waals surface area contributed by atoms with Gasteiger partial charge in [-0.15, -0.1) is 0 Å². The highest BCUT2D eigenvalue weighted by atomic mass is 79.9. The lowest BCUT2D eigenvalue weighted by Crippen LogP contribution is -2.49. The number of halogens is 2. The standard InChI is InChI=1S/C12H16BrFO8/c13-12(19)11(22-6-3-17)10(21-5-2-16)9(14)8(18)7-20-4-1-15/h1-3,8-11,18H,4-7H2/t8-,9+,10+,11-/m1/s1/i1D,2D,3D. The third-order valence-electron chi connectivity index (χ3n) is 2.31. The molecule has 22 heavy (non-hydrogen) atoms. The molecule has 10 heteroatoms.